The van der Waals surface area contributed by atoms with Crippen molar-refractivity contribution in [2.75, 3.05) is 5.75 Å². The van der Waals surface area contributed by atoms with Gasteiger partial charge >= 0.3 is 5.97 Å². The standard InChI is InChI=1S/C21H40N4O5S/c1-11(2)7-14(22)18(26)23-15(8-12(3)4)19(27)24-16(9-13(5)6)20(28)25-17(10-31)21(29)30/h11-17,31H,7-10,22H2,1-6H3,(H,23,26)(H,24,27)(H,25,28)(H,29,30). The van der Waals surface area contributed by atoms with Crippen LogP contribution in [0.4, 0.5) is 0 Å². The zero-order chi connectivity index (χ0) is 24.3. The molecule has 31 heavy (non-hydrogen) atoms. The van der Waals surface area contributed by atoms with Gasteiger partial charge in [-0.15, -0.1) is 0 Å². The maximum Gasteiger partial charge on any atom is 0.327 e. The Morgan fingerprint density at radius 3 is 1.39 bits per heavy atom. The van der Waals surface area contributed by atoms with E-state index in [9.17, 15) is 19.2 Å². The van der Waals surface area contributed by atoms with Crippen molar-refractivity contribution in [1.82, 2.24) is 16.0 Å². The highest BCUT2D eigenvalue weighted by Gasteiger charge is 2.30. The monoisotopic (exact) mass is 460 g/mol. The Kier molecular flexibility index (Phi) is 13.5. The van der Waals surface area contributed by atoms with Gasteiger partial charge in [-0.2, -0.15) is 12.6 Å². The number of carboxylic acid groups (broad SMARTS) is 1. The maximum atomic E-state index is 13.0. The molecule has 0 saturated heterocycles. The fourth-order valence-electron chi connectivity index (χ4n) is 3.03. The third kappa shape index (κ3) is 12.0. The highest BCUT2D eigenvalue weighted by Crippen LogP contribution is 2.10. The minimum absolute atomic E-state index is 0.0629. The minimum Gasteiger partial charge on any atom is -0.480 e. The number of nitrogens with two attached hydrogens (primary N) is 1. The van der Waals surface area contributed by atoms with Crippen molar-refractivity contribution in [1.29, 1.82) is 0 Å². The van der Waals surface area contributed by atoms with Gasteiger partial charge in [0.1, 0.15) is 18.1 Å². The van der Waals surface area contributed by atoms with Crippen LogP contribution in [0.25, 0.3) is 0 Å². The molecule has 0 bridgehead atoms. The van der Waals surface area contributed by atoms with Gasteiger partial charge in [-0.1, -0.05) is 41.5 Å². The number of hydrogen-bond acceptors (Lipinski definition) is 6. The lowest BCUT2D eigenvalue weighted by molar-refractivity contribution is -0.141. The molecule has 0 aromatic rings. The molecule has 0 saturated carbocycles. The average Bonchev–Trinajstić information content (AvgIpc) is 2.62. The van der Waals surface area contributed by atoms with E-state index in [0.717, 1.165) is 0 Å². The molecule has 0 aliphatic rings. The summed E-state index contributed by atoms with van der Waals surface area (Å²) in [7, 11) is 0. The van der Waals surface area contributed by atoms with Gasteiger partial charge in [-0.3, -0.25) is 14.4 Å². The first-order valence-electron chi connectivity index (χ1n) is 10.8. The van der Waals surface area contributed by atoms with Crippen LogP contribution >= 0.6 is 12.6 Å². The summed E-state index contributed by atoms with van der Waals surface area (Å²) in [5, 5.41) is 16.9. The number of nitrogens with one attached hydrogen (secondary N) is 3. The molecular formula is C21H40N4O5S. The SMILES string of the molecule is CC(C)CC(N)C(=O)NC(CC(C)C)C(=O)NC(CC(C)C)C(=O)NC(CS)C(=O)O. The fraction of sp³-hybridized carbons (Fsp3) is 0.810. The van der Waals surface area contributed by atoms with Gasteiger partial charge in [0, 0.05) is 5.75 Å². The second kappa shape index (κ2) is 14.3. The number of thiol groups is 1. The van der Waals surface area contributed by atoms with Crippen LogP contribution in [0, 0.1) is 17.8 Å². The number of carbonyl (C=O) groups excluding carboxylic acids is 3. The normalized spacial score (nSPS) is 15.3. The predicted octanol–water partition coefficient (Wildman–Crippen LogP) is 0.921. The predicted molar refractivity (Wildman–Crippen MR) is 124 cm³/mol. The van der Waals surface area contributed by atoms with Crippen molar-refractivity contribution in [3.05, 3.63) is 0 Å². The van der Waals surface area contributed by atoms with Crippen LogP contribution < -0.4 is 21.7 Å². The summed E-state index contributed by atoms with van der Waals surface area (Å²) in [5.74, 6) is -2.41. The van der Waals surface area contributed by atoms with E-state index in [-0.39, 0.29) is 23.5 Å². The topological polar surface area (TPSA) is 151 Å². The third-order valence-corrected chi connectivity index (χ3v) is 4.90. The summed E-state index contributed by atoms with van der Waals surface area (Å²) >= 11 is 3.95. The van der Waals surface area contributed by atoms with Gasteiger partial charge in [0.2, 0.25) is 17.7 Å². The van der Waals surface area contributed by atoms with E-state index < -0.39 is 47.9 Å². The van der Waals surface area contributed by atoms with Crippen LogP contribution in [-0.2, 0) is 19.2 Å². The van der Waals surface area contributed by atoms with Crippen LogP contribution in [0.1, 0.15) is 60.8 Å². The first-order valence-corrected chi connectivity index (χ1v) is 11.4. The lowest BCUT2D eigenvalue weighted by Crippen LogP contribution is -2.57. The molecule has 0 aromatic carbocycles. The number of hydrogen-bond donors (Lipinski definition) is 6. The zero-order valence-corrected chi connectivity index (χ0v) is 20.4. The molecule has 4 atom stereocenters. The van der Waals surface area contributed by atoms with Crippen LogP contribution in [0.5, 0.6) is 0 Å². The van der Waals surface area contributed by atoms with Gasteiger partial charge in [0.05, 0.1) is 6.04 Å². The largest absolute Gasteiger partial charge is 0.480 e. The van der Waals surface area contributed by atoms with E-state index in [1.54, 1.807) is 0 Å². The summed E-state index contributed by atoms with van der Waals surface area (Å²) in [5.41, 5.74) is 5.94. The van der Waals surface area contributed by atoms with Gasteiger partial charge in [-0.05, 0) is 37.0 Å². The summed E-state index contributed by atoms with van der Waals surface area (Å²) in [4.78, 5) is 49.3. The Hall–Kier alpha value is -1.81. The summed E-state index contributed by atoms with van der Waals surface area (Å²) in [6.07, 6.45) is 1.17. The Balaban J connectivity index is 5.41. The molecule has 0 heterocycles. The van der Waals surface area contributed by atoms with Crippen molar-refractivity contribution < 1.29 is 24.3 Å². The molecule has 4 unspecified atom stereocenters. The quantitative estimate of drug-likeness (QED) is 0.212. The van der Waals surface area contributed by atoms with Crippen molar-refractivity contribution >= 4 is 36.3 Å². The molecule has 10 heteroatoms. The second-order valence-corrected chi connectivity index (χ2v) is 9.56. The Bertz CT molecular complexity index is 613. The Labute approximate surface area is 191 Å². The minimum atomic E-state index is -1.21. The molecule has 0 radical (unpaired) electrons. The van der Waals surface area contributed by atoms with Crippen LogP contribution in [0.15, 0.2) is 0 Å². The van der Waals surface area contributed by atoms with Crippen LogP contribution in [-0.4, -0.2) is 58.7 Å². The van der Waals surface area contributed by atoms with Crippen LogP contribution in [0.3, 0.4) is 0 Å². The number of carboxylic acids is 1. The number of carbonyl (C=O) groups is 4. The van der Waals surface area contributed by atoms with E-state index in [1.165, 1.54) is 0 Å². The Morgan fingerprint density at radius 2 is 1.06 bits per heavy atom. The van der Waals surface area contributed by atoms with Gasteiger partial charge < -0.3 is 26.8 Å². The molecule has 3 amide bonds. The molecule has 6 N–H and O–H groups in total. The summed E-state index contributed by atoms with van der Waals surface area (Å²) < 4.78 is 0. The van der Waals surface area contributed by atoms with Crippen molar-refractivity contribution in [3.8, 4) is 0 Å². The van der Waals surface area contributed by atoms with Crippen molar-refractivity contribution in [3.63, 3.8) is 0 Å². The van der Waals surface area contributed by atoms with Crippen molar-refractivity contribution in [2.24, 2.45) is 23.5 Å². The van der Waals surface area contributed by atoms with Gasteiger partial charge in [-0.25, -0.2) is 4.79 Å². The smallest absolute Gasteiger partial charge is 0.327 e. The lowest BCUT2D eigenvalue weighted by atomic mass is 9.99. The Morgan fingerprint density at radius 1 is 0.710 bits per heavy atom. The first kappa shape index (κ1) is 29.2. The first-order chi connectivity index (χ1) is 14.3. The average molecular weight is 461 g/mol. The molecule has 0 spiro atoms. The number of rotatable bonds is 14. The van der Waals surface area contributed by atoms with E-state index >= 15 is 0 Å². The van der Waals surface area contributed by atoms with E-state index in [4.69, 9.17) is 10.8 Å². The van der Waals surface area contributed by atoms with Crippen molar-refractivity contribution in [2.45, 2.75) is 85.0 Å². The highest BCUT2D eigenvalue weighted by atomic mass is 32.1. The molecular weight excluding hydrogens is 420 g/mol. The molecule has 0 aliphatic heterocycles. The summed E-state index contributed by atoms with van der Waals surface area (Å²) in [6, 6.07) is -3.69. The van der Waals surface area contributed by atoms with Crippen LogP contribution in [0.2, 0.25) is 0 Å². The second-order valence-electron chi connectivity index (χ2n) is 9.20. The number of amides is 3. The third-order valence-electron chi connectivity index (χ3n) is 4.54. The lowest BCUT2D eigenvalue weighted by Gasteiger charge is -2.26. The van der Waals surface area contributed by atoms with E-state index in [1.807, 2.05) is 41.5 Å². The molecule has 9 nitrogen and oxygen atoms in total. The molecule has 180 valence electrons. The number of aliphatic carboxylic acids is 1. The maximum absolute atomic E-state index is 13.0. The fourth-order valence-corrected chi connectivity index (χ4v) is 3.28. The summed E-state index contributed by atoms with van der Waals surface area (Å²) in [6.45, 7) is 11.5. The van der Waals surface area contributed by atoms with Gasteiger partial charge in [0.15, 0.2) is 0 Å². The molecule has 0 fully saturated rings. The highest BCUT2D eigenvalue weighted by molar-refractivity contribution is 7.80. The molecule has 0 aromatic heterocycles. The van der Waals surface area contributed by atoms with E-state index in [2.05, 4.69) is 28.6 Å². The van der Waals surface area contributed by atoms with Gasteiger partial charge in [0.25, 0.3) is 0 Å². The molecule has 0 rings (SSSR count). The zero-order valence-electron chi connectivity index (χ0n) is 19.5. The van der Waals surface area contributed by atoms with E-state index in [0.29, 0.717) is 19.3 Å². The molecule has 0 aliphatic carbocycles.